The van der Waals surface area contributed by atoms with Crippen molar-refractivity contribution in [2.24, 2.45) is 0 Å². The fraction of sp³-hybridized carbons (Fsp3) is 0.273. The van der Waals surface area contributed by atoms with Gasteiger partial charge in [0.1, 0.15) is 11.5 Å². The molecule has 0 aliphatic rings. The molecule has 3 aromatic rings. The summed E-state index contributed by atoms with van der Waals surface area (Å²) in [7, 11) is -3.82. The molecule has 0 saturated heterocycles. The number of ether oxygens (including phenoxy) is 1. The van der Waals surface area contributed by atoms with E-state index in [0.717, 1.165) is 0 Å². The predicted molar refractivity (Wildman–Crippen MR) is 118 cm³/mol. The van der Waals surface area contributed by atoms with Crippen molar-refractivity contribution in [3.05, 3.63) is 65.9 Å². The number of carbonyl (C=O) groups is 1. The highest BCUT2D eigenvalue weighted by Crippen LogP contribution is 2.25. The molecule has 2 aromatic carbocycles. The van der Waals surface area contributed by atoms with Crippen molar-refractivity contribution in [2.45, 2.75) is 38.0 Å². The van der Waals surface area contributed by atoms with E-state index in [-0.39, 0.29) is 27.4 Å². The standard InChI is InChI=1S/C22H25N3O5S/c1-5-29-17-9-11-18(12-10-17)31(27,28)25-16-8-6-7-15(13-16)21(26)23-20-14-19(30-24-20)22(2,3)4/h6-14,25H,5H2,1-4H3,(H,23,24,26). The summed E-state index contributed by atoms with van der Waals surface area (Å²) >= 11 is 0. The fourth-order valence-electron chi connectivity index (χ4n) is 2.70. The zero-order valence-electron chi connectivity index (χ0n) is 17.8. The summed E-state index contributed by atoms with van der Waals surface area (Å²) in [6, 6.07) is 13.9. The van der Waals surface area contributed by atoms with E-state index in [1.807, 2.05) is 27.7 Å². The first-order valence-corrected chi connectivity index (χ1v) is 11.2. The Morgan fingerprint density at radius 1 is 1.10 bits per heavy atom. The Kier molecular flexibility index (Phi) is 6.35. The van der Waals surface area contributed by atoms with Crippen LogP contribution in [-0.4, -0.2) is 26.1 Å². The predicted octanol–water partition coefficient (Wildman–Crippen LogP) is 4.42. The highest BCUT2D eigenvalue weighted by Gasteiger charge is 2.21. The second kappa shape index (κ2) is 8.81. The van der Waals surface area contributed by atoms with Gasteiger partial charge in [-0.15, -0.1) is 0 Å². The number of anilines is 2. The van der Waals surface area contributed by atoms with Gasteiger partial charge < -0.3 is 14.6 Å². The zero-order valence-corrected chi connectivity index (χ0v) is 18.6. The van der Waals surface area contributed by atoms with Crippen molar-refractivity contribution < 1.29 is 22.5 Å². The van der Waals surface area contributed by atoms with Crippen LogP contribution in [0, 0.1) is 0 Å². The summed E-state index contributed by atoms with van der Waals surface area (Å²) in [6.07, 6.45) is 0. The van der Waals surface area contributed by atoms with Crippen LogP contribution in [0.5, 0.6) is 5.75 Å². The van der Waals surface area contributed by atoms with Gasteiger partial charge in [-0.2, -0.15) is 0 Å². The van der Waals surface area contributed by atoms with E-state index in [2.05, 4.69) is 15.2 Å². The number of hydrogen-bond donors (Lipinski definition) is 2. The molecule has 0 aliphatic heterocycles. The molecule has 1 heterocycles. The molecule has 0 saturated carbocycles. The minimum Gasteiger partial charge on any atom is -0.494 e. The van der Waals surface area contributed by atoms with Gasteiger partial charge in [-0.05, 0) is 49.4 Å². The summed E-state index contributed by atoms with van der Waals surface area (Å²) in [5.41, 5.74) is 0.291. The van der Waals surface area contributed by atoms with E-state index in [4.69, 9.17) is 9.26 Å². The van der Waals surface area contributed by atoms with Gasteiger partial charge in [-0.3, -0.25) is 9.52 Å². The molecule has 1 amide bonds. The number of aromatic nitrogens is 1. The lowest BCUT2D eigenvalue weighted by molar-refractivity contribution is 0.102. The first-order chi connectivity index (χ1) is 14.6. The van der Waals surface area contributed by atoms with Crippen LogP contribution in [0.4, 0.5) is 11.5 Å². The SMILES string of the molecule is CCOc1ccc(S(=O)(=O)Nc2cccc(C(=O)Nc3cc(C(C)(C)C)on3)c2)cc1. The van der Waals surface area contributed by atoms with Crippen molar-refractivity contribution in [3.8, 4) is 5.75 Å². The Balaban J connectivity index is 1.73. The molecule has 8 nitrogen and oxygen atoms in total. The second-order valence-corrected chi connectivity index (χ2v) is 9.55. The Labute approximate surface area is 181 Å². The van der Waals surface area contributed by atoms with E-state index in [0.29, 0.717) is 18.1 Å². The summed E-state index contributed by atoms with van der Waals surface area (Å²) in [6.45, 7) is 8.25. The molecular formula is C22H25N3O5S. The van der Waals surface area contributed by atoms with Crippen LogP contribution in [0.2, 0.25) is 0 Å². The van der Waals surface area contributed by atoms with Crippen molar-refractivity contribution in [3.63, 3.8) is 0 Å². The van der Waals surface area contributed by atoms with Crippen LogP contribution in [0.25, 0.3) is 0 Å². The largest absolute Gasteiger partial charge is 0.494 e. The number of rotatable bonds is 7. The molecule has 2 N–H and O–H groups in total. The molecular weight excluding hydrogens is 418 g/mol. The number of sulfonamides is 1. The van der Waals surface area contributed by atoms with Crippen molar-refractivity contribution in [1.82, 2.24) is 5.16 Å². The Morgan fingerprint density at radius 2 is 1.81 bits per heavy atom. The molecule has 3 rings (SSSR count). The maximum atomic E-state index is 12.7. The molecule has 164 valence electrons. The average Bonchev–Trinajstić information content (AvgIpc) is 3.17. The van der Waals surface area contributed by atoms with Crippen molar-refractivity contribution in [1.29, 1.82) is 0 Å². The number of carbonyl (C=O) groups excluding carboxylic acids is 1. The van der Waals surface area contributed by atoms with Crippen LogP contribution in [0.1, 0.15) is 43.8 Å². The lowest BCUT2D eigenvalue weighted by Gasteiger charge is -2.12. The van der Waals surface area contributed by atoms with Gasteiger partial charge in [0, 0.05) is 22.7 Å². The first kappa shape index (κ1) is 22.4. The second-order valence-electron chi connectivity index (χ2n) is 7.87. The molecule has 31 heavy (non-hydrogen) atoms. The Hall–Kier alpha value is -3.33. The molecule has 0 unspecified atom stereocenters. The molecule has 0 atom stereocenters. The molecule has 0 spiro atoms. The van der Waals surface area contributed by atoms with Gasteiger partial charge in [-0.1, -0.05) is 32.0 Å². The third-order valence-corrected chi connectivity index (χ3v) is 5.71. The third kappa shape index (κ3) is 5.64. The van der Waals surface area contributed by atoms with Crippen LogP contribution in [-0.2, 0) is 15.4 Å². The average molecular weight is 444 g/mol. The van der Waals surface area contributed by atoms with Gasteiger partial charge in [0.2, 0.25) is 0 Å². The van der Waals surface area contributed by atoms with E-state index in [1.165, 1.54) is 18.2 Å². The van der Waals surface area contributed by atoms with Crippen LogP contribution < -0.4 is 14.8 Å². The summed E-state index contributed by atoms with van der Waals surface area (Å²) in [5, 5.41) is 6.52. The minimum absolute atomic E-state index is 0.0862. The summed E-state index contributed by atoms with van der Waals surface area (Å²) in [4.78, 5) is 12.7. The van der Waals surface area contributed by atoms with E-state index in [9.17, 15) is 13.2 Å². The smallest absolute Gasteiger partial charge is 0.261 e. The van der Waals surface area contributed by atoms with Gasteiger partial charge >= 0.3 is 0 Å². The lowest BCUT2D eigenvalue weighted by atomic mass is 9.93. The normalized spacial score (nSPS) is 11.7. The first-order valence-electron chi connectivity index (χ1n) is 9.73. The van der Waals surface area contributed by atoms with Gasteiger partial charge in [0.15, 0.2) is 5.82 Å². The summed E-state index contributed by atoms with van der Waals surface area (Å²) < 4.78 is 38.4. The maximum absolute atomic E-state index is 12.7. The molecule has 0 bridgehead atoms. The van der Waals surface area contributed by atoms with Crippen LogP contribution in [0.3, 0.4) is 0 Å². The molecule has 0 aliphatic carbocycles. The molecule has 9 heteroatoms. The molecule has 1 aromatic heterocycles. The minimum atomic E-state index is -3.82. The number of benzene rings is 2. The maximum Gasteiger partial charge on any atom is 0.261 e. The number of hydrogen-bond acceptors (Lipinski definition) is 6. The summed E-state index contributed by atoms with van der Waals surface area (Å²) in [5.74, 6) is 1.08. The van der Waals surface area contributed by atoms with Crippen molar-refractivity contribution in [2.75, 3.05) is 16.6 Å². The molecule has 0 fully saturated rings. The van der Waals surface area contributed by atoms with E-state index < -0.39 is 15.9 Å². The zero-order chi connectivity index (χ0) is 22.6. The number of nitrogens with one attached hydrogen (secondary N) is 2. The van der Waals surface area contributed by atoms with Crippen molar-refractivity contribution >= 4 is 27.4 Å². The Bertz CT molecular complexity index is 1160. The molecule has 0 radical (unpaired) electrons. The topological polar surface area (TPSA) is 111 Å². The van der Waals surface area contributed by atoms with Crippen LogP contribution in [0.15, 0.2) is 64.0 Å². The number of amides is 1. The van der Waals surface area contributed by atoms with E-state index in [1.54, 1.807) is 36.4 Å². The quantitative estimate of drug-likeness (QED) is 0.559. The highest BCUT2D eigenvalue weighted by molar-refractivity contribution is 7.92. The monoisotopic (exact) mass is 443 g/mol. The van der Waals surface area contributed by atoms with Crippen LogP contribution >= 0.6 is 0 Å². The van der Waals surface area contributed by atoms with Gasteiger partial charge in [-0.25, -0.2) is 8.42 Å². The highest BCUT2D eigenvalue weighted by atomic mass is 32.2. The Morgan fingerprint density at radius 3 is 2.42 bits per heavy atom. The van der Waals surface area contributed by atoms with Gasteiger partial charge in [0.05, 0.1) is 11.5 Å². The van der Waals surface area contributed by atoms with Gasteiger partial charge in [0.25, 0.3) is 15.9 Å². The third-order valence-electron chi connectivity index (χ3n) is 4.31. The van der Waals surface area contributed by atoms with E-state index >= 15 is 0 Å². The fourth-order valence-corrected chi connectivity index (χ4v) is 3.75. The lowest BCUT2D eigenvalue weighted by Crippen LogP contribution is -2.15. The number of nitrogens with zero attached hydrogens (tertiary/aromatic N) is 1.